The molecule has 0 bridgehead atoms. The Morgan fingerprint density at radius 2 is 1.96 bits per heavy atom. The number of pyridine rings is 1. The van der Waals surface area contributed by atoms with Crippen molar-refractivity contribution in [2.24, 2.45) is 0 Å². The summed E-state index contributed by atoms with van der Waals surface area (Å²) >= 11 is 5.93. The van der Waals surface area contributed by atoms with Gasteiger partial charge in [-0.25, -0.2) is 4.98 Å². The third kappa shape index (κ3) is 4.02. The molecular formula is C17H16ClN3O2. The monoisotopic (exact) mass is 329 g/mol. The summed E-state index contributed by atoms with van der Waals surface area (Å²) < 4.78 is 1.81. The lowest BCUT2D eigenvalue weighted by molar-refractivity contribution is -0.120. The molecule has 6 heteroatoms. The van der Waals surface area contributed by atoms with E-state index in [0.29, 0.717) is 23.7 Å². The molecule has 0 saturated heterocycles. The second-order valence-electron chi connectivity index (χ2n) is 5.29. The molecule has 3 aromatic rings. The van der Waals surface area contributed by atoms with E-state index in [1.54, 1.807) is 35.0 Å². The number of phenols is 1. The molecular weight excluding hydrogens is 314 g/mol. The standard InChI is InChI=1S/C17H16ClN3O2/c18-13-3-6-16-20-14(11-21(16)10-13)9-17(23)19-8-7-12-1-4-15(22)5-2-12/h1-6,10-11,22H,7-9H2,(H,19,23). The van der Waals surface area contributed by atoms with Crippen LogP contribution in [-0.2, 0) is 17.6 Å². The number of carbonyl (C=O) groups is 1. The van der Waals surface area contributed by atoms with Crippen molar-refractivity contribution in [3.05, 3.63) is 65.1 Å². The average molecular weight is 330 g/mol. The predicted octanol–water partition coefficient (Wildman–Crippen LogP) is 2.59. The highest BCUT2D eigenvalue weighted by Crippen LogP contribution is 2.12. The van der Waals surface area contributed by atoms with Gasteiger partial charge in [-0.1, -0.05) is 23.7 Å². The number of hydrogen-bond donors (Lipinski definition) is 2. The molecule has 23 heavy (non-hydrogen) atoms. The molecule has 0 saturated carbocycles. The van der Waals surface area contributed by atoms with Crippen LogP contribution in [0.25, 0.3) is 5.65 Å². The first-order chi connectivity index (χ1) is 11.1. The van der Waals surface area contributed by atoms with Crippen LogP contribution >= 0.6 is 11.6 Å². The molecule has 0 aliphatic rings. The van der Waals surface area contributed by atoms with Crippen molar-refractivity contribution in [3.63, 3.8) is 0 Å². The highest BCUT2D eigenvalue weighted by atomic mass is 35.5. The van der Waals surface area contributed by atoms with Crippen LogP contribution in [0.4, 0.5) is 0 Å². The number of hydrogen-bond acceptors (Lipinski definition) is 3. The fourth-order valence-electron chi connectivity index (χ4n) is 2.34. The minimum absolute atomic E-state index is 0.0710. The van der Waals surface area contributed by atoms with Crippen LogP contribution < -0.4 is 5.32 Å². The molecule has 0 aliphatic heterocycles. The van der Waals surface area contributed by atoms with E-state index in [-0.39, 0.29) is 18.1 Å². The maximum atomic E-state index is 12.0. The number of phenolic OH excluding ortho intramolecular Hbond substituents is 1. The number of imidazole rings is 1. The van der Waals surface area contributed by atoms with E-state index < -0.39 is 0 Å². The van der Waals surface area contributed by atoms with Crippen LogP contribution in [0.15, 0.2) is 48.8 Å². The van der Waals surface area contributed by atoms with Crippen molar-refractivity contribution >= 4 is 23.2 Å². The number of aromatic nitrogens is 2. The van der Waals surface area contributed by atoms with Gasteiger partial charge in [-0.05, 0) is 36.2 Å². The van der Waals surface area contributed by atoms with E-state index in [0.717, 1.165) is 11.2 Å². The summed E-state index contributed by atoms with van der Waals surface area (Å²) in [5, 5.41) is 12.7. The summed E-state index contributed by atoms with van der Waals surface area (Å²) in [6, 6.07) is 10.5. The minimum atomic E-state index is -0.0710. The van der Waals surface area contributed by atoms with E-state index >= 15 is 0 Å². The van der Waals surface area contributed by atoms with E-state index in [1.165, 1.54) is 0 Å². The maximum Gasteiger partial charge on any atom is 0.226 e. The van der Waals surface area contributed by atoms with Gasteiger partial charge in [-0.2, -0.15) is 0 Å². The normalized spacial score (nSPS) is 10.8. The van der Waals surface area contributed by atoms with Crippen molar-refractivity contribution in [1.82, 2.24) is 14.7 Å². The van der Waals surface area contributed by atoms with Gasteiger partial charge in [0.15, 0.2) is 0 Å². The number of rotatable bonds is 5. The van der Waals surface area contributed by atoms with Gasteiger partial charge in [0.2, 0.25) is 5.91 Å². The van der Waals surface area contributed by atoms with Crippen molar-refractivity contribution in [1.29, 1.82) is 0 Å². The number of amides is 1. The summed E-state index contributed by atoms with van der Waals surface area (Å²) in [6.07, 6.45) is 4.51. The fourth-order valence-corrected chi connectivity index (χ4v) is 2.51. The Labute approximate surface area is 138 Å². The smallest absolute Gasteiger partial charge is 0.226 e. The van der Waals surface area contributed by atoms with Crippen LogP contribution in [0.5, 0.6) is 5.75 Å². The highest BCUT2D eigenvalue weighted by molar-refractivity contribution is 6.30. The van der Waals surface area contributed by atoms with Gasteiger partial charge in [0, 0.05) is 18.9 Å². The Kier molecular flexibility index (Phi) is 4.48. The number of benzene rings is 1. The maximum absolute atomic E-state index is 12.0. The van der Waals surface area contributed by atoms with Gasteiger partial charge in [-0.3, -0.25) is 4.79 Å². The average Bonchev–Trinajstić information content (AvgIpc) is 2.90. The largest absolute Gasteiger partial charge is 0.508 e. The van der Waals surface area contributed by atoms with Crippen molar-refractivity contribution in [3.8, 4) is 5.75 Å². The summed E-state index contributed by atoms with van der Waals surface area (Å²) in [7, 11) is 0. The third-order valence-corrected chi connectivity index (χ3v) is 3.70. The SMILES string of the molecule is O=C(Cc1cn2cc(Cl)ccc2n1)NCCc1ccc(O)cc1. The zero-order chi connectivity index (χ0) is 16.2. The van der Waals surface area contributed by atoms with Crippen molar-refractivity contribution in [2.75, 3.05) is 6.54 Å². The van der Waals surface area contributed by atoms with Gasteiger partial charge in [0.05, 0.1) is 17.1 Å². The Morgan fingerprint density at radius 3 is 2.74 bits per heavy atom. The quantitative estimate of drug-likeness (QED) is 0.756. The first-order valence-electron chi connectivity index (χ1n) is 7.28. The molecule has 2 heterocycles. The van der Waals surface area contributed by atoms with E-state index in [1.807, 2.05) is 18.2 Å². The number of nitrogens with one attached hydrogen (secondary N) is 1. The second kappa shape index (κ2) is 6.71. The molecule has 0 spiro atoms. The number of halogens is 1. The highest BCUT2D eigenvalue weighted by Gasteiger charge is 2.07. The van der Waals surface area contributed by atoms with E-state index in [9.17, 15) is 9.90 Å². The lowest BCUT2D eigenvalue weighted by Gasteiger charge is -2.04. The van der Waals surface area contributed by atoms with E-state index in [2.05, 4.69) is 10.3 Å². The number of fused-ring (bicyclic) bond motifs is 1. The van der Waals surface area contributed by atoms with E-state index in [4.69, 9.17) is 11.6 Å². The second-order valence-corrected chi connectivity index (χ2v) is 5.72. The predicted molar refractivity (Wildman–Crippen MR) is 88.7 cm³/mol. The Hall–Kier alpha value is -2.53. The van der Waals surface area contributed by atoms with Crippen LogP contribution in [-0.4, -0.2) is 26.9 Å². The lowest BCUT2D eigenvalue weighted by Crippen LogP contribution is -2.27. The molecule has 3 rings (SSSR count). The molecule has 0 aliphatic carbocycles. The first kappa shape index (κ1) is 15.4. The molecule has 2 N–H and O–H groups in total. The summed E-state index contributed by atoms with van der Waals surface area (Å²) in [5.74, 6) is 0.169. The number of aromatic hydroxyl groups is 1. The molecule has 1 amide bonds. The summed E-state index contributed by atoms with van der Waals surface area (Å²) in [4.78, 5) is 16.4. The molecule has 0 radical (unpaired) electrons. The Bertz CT molecular complexity index is 827. The van der Waals surface area contributed by atoms with Gasteiger partial charge >= 0.3 is 0 Å². The first-order valence-corrected chi connectivity index (χ1v) is 7.66. The van der Waals surface area contributed by atoms with Crippen LogP contribution in [0, 0.1) is 0 Å². The fraction of sp³-hybridized carbons (Fsp3) is 0.176. The number of nitrogens with zero attached hydrogens (tertiary/aromatic N) is 2. The van der Waals surface area contributed by atoms with Gasteiger partial charge in [-0.15, -0.1) is 0 Å². The third-order valence-electron chi connectivity index (χ3n) is 3.48. The van der Waals surface area contributed by atoms with Gasteiger partial charge in [0.25, 0.3) is 0 Å². The molecule has 0 fully saturated rings. The Balaban J connectivity index is 1.53. The van der Waals surface area contributed by atoms with Gasteiger partial charge in [0.1, 0.15) is 11.4 Å². The zero-order valence-corrected chi connectivity index (χ0v) is 13.1. The molecule has 0 atom stereocenters. The van der Waals surface area contributed by atoms with Crippen LogP contribution in [0.1, 0.15) is 11.3 Å². The van der Waals surface area contributed by atoms with Crippen molar-refractivity contribution < 1.29 is 9.90 Å². The zero-order valence-electron chi connectivity index (χ0n) is 12.4. The molecule has 2 aromatic heterocycles. The van der Waals surface area contributed by atoms with Crippen molar-refractivity contribution in [2.45, 2.75) is 12.8 Å². The van der Waals surface area contributed by atoms with Crippen LogP contribution in [0.3, 0.4) is 0 Å². The topological polar surface area (TPSA) is 66.6 Å². The lowest BCUT2D eigenvalue weighted by atomic mass is 10.1. The molecule has 1 aromatic carbocycles. The molecule has 5 nitrogen and oxygen atoms in total. The van der Waals surface area contributed by atoms with Crippen LogP contribution in [0.2, 0.25) is 5.02 Å². The molecule has 0 unspecified atom stereocenters. The Morgan fingerprint density at radius 1 is 1.17 bits per heavy atom. The number of carbonyl (C=O) groups excluding carboxylic acids is 1. The summed E-state index contributed by atoms with van der Waals surface area (Å²) in [5.41, 5.74) is 2.53. The van der Waals surface area contributed by atoms with Gasteiger partial charge < -0.3 is 14.8 Å². The summed E-state index contributed by atoms with van der Waals surface area (Å²) in [6.45, 7) is 0.544. The molecule has 118 valence electrons. The minimum Gasteiger partial charge on any atom is -0.508 e.